The second-order valence-electron chi connectivity index (χ2n) is 5.22. The lowest BCUT2D eigenvalue weighted by Gasteiger charge is -2.38. The Morgan fingerprint density at radius 1 is 1.62 bits per heavy atom. The van der Waals surface area contributed by atoms with Crippen molar-refractivity contribution in [1.82, 2.24) is 9.88 Å². The quantitative estimate of drug-likeness (QED) is 0.890. The number of anilines is 1. The predicted octanol–water partition coefficient (Wildman–Crippen LogP) is 0.779. The first kappa shape index (κ1) is 16.0. The summed E-state index contributed by atoms with van der Waals surface area (Å²) in [5, 5.41) is 9.73. The number of nitrogens with zero attached hydrogens (tertiary/aromatic N) is 3. The van der Waals surface area contributed by atoms with Crippen LogP contribution in [0, 0.1) is 0 Å². The molecule has 0 aliphatic carbocycles. The number of carbonyl (C=O) groups is 1. The molecular formula is C14H20ClN3O3. The van der Waals surface area contributed by atoms with Gasteiger partial charge < -0.3 is 19.6 Å². The van der Waals surface area contributed by atoms with E-state index in [0.717, 1.165) is 0 Å². The third kappa shape index (κ3) is 4.06. The number of ether oxygens (including phenoxy) is 1. The van der Waals surface area contributed by atoms with Crippen LogP contribution in [0.15, 0.2) is 18.3 Å². The summed E-state index contributed by atoms with van der Waals surface area (Å²) in [7, 11) is 1.81. The van der Waals surface area contributed by atoms with Crippen molar-refractivity contribution in [2.24, 2.45) is 0 Å². The monoisotopic (exact) mass is 313 g/mol. The van der Waals surface area contributed by atoms with Crippen LogP contribution in [-0.4, -0.2) is 66.4 Å². The molecule has 1 N–H and O–H groups in total. The molecule has 1 fully saturated rings. The molecule has 6 nitrogen and oxygen atoms in total. The van der Waals surface area contributed by atoms with E-state index >= 15 is 0 Å². The van der Waals surface area contributed by atoms with Gasteiger partial charge in [-0.1, -0.05) is 11.6 Å². The zero-order chi connectivity index (χ0) is 15.4. The van der Waals surface area contributed by atoms with Gasteiger partial charge in [-0.05, 0) is 19.1 Å². The van der Waals surface area contributed by atoms with Gasteiger partial charge in [0.15, 0.2) is 0 Å². The number of morpholine rings is 1. The summed E-state index contributed by atoms with van der Waals surface area (Å²) in [5.74, 6) is 0.677. The predicted molar refractivity (Wildman–Crippen MR) is 80.5 cm³/mol. The molecule has 2 unspecified atom stereocenters. The van der Waals surface area contributed by atoms with Crippen molar-refractivity contribution in [3.05, 3.63) is 23.4 Å². The molecular weight excluding hydrogens is 294 g/mol. The summed E-state index contributed by atoms with van der Waals surface area (Å²) in [4.78, 5) is 20.1. The van der Waals surface area contributed by atoms with Crippen LogP contribution in [0.4, 0.5) is 5.82 Å². The average Bonchev–Trinajstić information content (AvgIpc) is 2.48. The third-order valence-electron chi connectivity index (χ3n) is 3.50. The Kier molecular flexibility index (Phi) is 5.39. The van der Waals surface area contributed by atoms with Gasteiger partial charge in [0, 0.05) is 19.8 Å². The molecule has 0 bridgehead atoms. The van der Waals surface area contributed by atoms with E-state index < -0.39 is 0 Å². The van der Waals surface area contributed by atoms with Crippen molar-refractivity contribution in [2.75, 3.05) is 38.3 Å². The Labute approximate surface area is 129 Å². The minimum Gasteiger partial charge on any atom is -0.394 e. The largest absolute Gasteiger partial charge is 0.394 e. The van der Waals surface area contributed by atoms with Crippen LogP contribution in [0.1, 0.15) is 6.92 Å². The number of hydrogen-bond acceptors (Lipinski definition) is 5. The lowest BCUT2D eigenvalue weighted by molar-refractivity contribution is -0.144. The molecule has 0 radical (unpaired) electrons. The lowest BCUT2D eigenvalue weighted by Crippen LogP contribution is -2.54. The fraction of sp³-hybridized carbons (Fsp3) is 0.571. The number of hydrogen-bond donors (Lipinski definition) is 1. The topological polar surface area (TPSA) is 65.9 Å². The molecule has 21 heavy (non-hydrogen) atoms. The van der Waals surface area contributed by atoms with Gasteiger partial charge in [-0.15, -0.1) is 0 Å². The maximum Gasteiger partial charge on any atom is 0.242 e. The smallest absolute Gasteiger partial charge is 0.242 e. The molecule has 1 amide bonds. The first-order chi connectivity index (χ1) is 10.0. The number of likely N-dealkylation sites (N-methyl/N-ethyl adjacent to an activating group) is 1. The van der Waals surface area contributed by atoms with Gasteiger partial charge in [0.1, 0.15) is 5.82 Å². The maximum atomic E-state index is 12.4. The van der Waals surface area contributed by atoms with E-state index in [1.54, 1.807) is 28.1 Å². The van der Waals surface area contributed by atoms with Crippen LogP contribution >= 0.6 is 11.6 Å². The first-order valence-electron chi connectivity index (χ1n) is 6.86. The molecule has 0 aromatic carbocycles. The van der Waals surface area contributed by atoms with Crippen molar-refractivity contribution in [3.8, 4) is 0 Å². The van der Waals surface area contributed by atoms with E-state index in [2.05, 4.69) is 4.98 Å². The number of pyridine rings is 1. The average molecular weight is 314 g/mol. The number of aliphatic hydroxyl groups is 1. The van der Waals surface area contributed by atoms with Gasteiger partial charge in [0.05, 0.1) is 36.9 Å². The van der Waals surface area contributed by atoms with Crippen LogP contribution in [0.5, 0.6) is 0 Å². The van der Waals surface area contributed by atoms with Gasteiger partial charge in [0.25, 0.3) is 0 Å². The van der Waals surface area contributed by atoms with Gasteiger partial charge >= 0.3 is 0 Å². The highest BCUT2D eigenvalue weighted by molar-refractivity contribution is 6.30. The second-order valence-corrected chi connectivity index (χ2v) is 5.66. The van der Waals surface area contributed by atoms with Crippen LogP contribution in [0.2, 0.25) is 5.02 Å². The van der Waals surface area contributed by atoms with Crippen LogP contribution in [0.25, 0.3) is 0 Å². The van der Waals surface area contributed by atoms with Crippen molar-refractivity contribution < 1.29 is 14.6 Å². The molecule has 0 spiro atoms. The number of aromatic nitrogens is 1. The number of amides is 1. The van der Waals surface area contributed by atoms with E-state index in [1.165, 1.54) is 0 Å². The summed E-state index contributed by atoms with van der Waals surface area (Å²) in [6, 6.07) is 3.52. The highest BCUT2D eigenvalue weighted by atomic mass is 35.5. The van der Waals surface area contributed by atoms with Gasteiger partial charge in [0.2, 0.25) is 5.91 Å². The standard InChI is InChI=1S/C14H20ClN3O3/c1-10-9-21-12(8-19)6-18(10)14(20)7-17(2)13-4-3-11(15)5-16-13/h3-5,10,12,19H,6-9H2,1-2H3. The second kappa shape index (κ2) is 7.06. The van der Waals surface area contributed by atoms with Crippen LogP contribution < -0.4 is 4.90 Å². The van der Waals surface area contributed by atoms with E-state index in [1.807, 2.05) is 14.0 Å². The molecule has 2 heterocycles. The fourth-order valence-corrected chi connectivity index (χ4v) is 2.36. The molecule has 1 aromatic heterocycles. The molecule has 2 rings (SSSR count). The van der Waals surface area contributed by atoms with E-state index in [4.69, 9.17) is 21.4 Å². The van der Waals surface area contributed by atoms with Gasteiger partial charge in [-0.3, -0.25) is 4.79 Å². The Bertz CT molecular complexity index is 483. The minimum absolute atomic E-state index is 0.00637. The van der Waals surface area contributed by atoms with Crippen molar-refractivity contribution in [2.45, 2.75) is 19.1 Å². The van der Waals surface area contributed by atoms with Crippen molar-refractivity contribution in [3.63, 3.8) is 0 Å². The molecule has 1 saturated heterocycles. The molecule has 1 aromatic rings. The summed E-state index contributed by atoms with van der Waals surface area (Å²) < 4.78 is 5.44. The van der Waals surface area contributed by atoms with E-state index in [9.17, 15) is 4.79 Å². The molecule has 1 aliphatic heterocycles. The maximum absolute atomic E-state index is 12.4. The Morgan fingerprint density at radius 3 is 3.00 bits per heavy atom. The number of halogens is 1. The number of carbonyl (C=O) groups excluding carboxylic acids is 1. The Morgan fingerprint density at radius 2 is 2.38 bits per heavy atom. The third-order valence-corrected chi connectivity index (χ3v) is 3.73. The van der Waals surface area contributed by atoms with Crippen LogP contribution in [-0.2, 0) is 9.53 Å². The number of aliphatic hydroxyl groups excluding tert-OH is 1. The molecule has 116 valence electrons. The molecule has 0 saturated carbocycles. The zero-order valence-electron chi connectivity index (χ0n) is 12.2. The normalized spacial score (nSPS) is 22.2. The zero-order valence-corrected chi connectivity index (χ0v) is 13.0. The summed E-state index contributed by atoms with van der Waals surface area (Å²) in [5.41, 5.74) is 0. The van der Waals surface area contributed by atoms with Crippen LogP contribution in [0.3, 0.4) is 0 Å². The summed E-state index contributed by atoms with van der Waals surface area (Å²) in [6.07, 6.45) is 1.25. The minimum atomic E-state index is -0.302. The first-order valence-corrected chi connectivity index (χ1v) is 7.23. The number of rotatable bonds is 4. The summed E-state index contributed by atoms with van der Waals surface area (Å²) in [6.45, 7) is 2.94. The molecule has 7 heteroatoms. The highest BCUT2D eigenvalue weighted by Gasteiger charge is 2.29. The molecule has 1 aliphatic rings. The molecule has 2 atom stereocenters. The van der Waals surface area contributed by atoms with E-state index in [-0.39, 0.29) is 31.2 Å². The van der Waals surface area contributed by atoms with Crippen molar-refractivity contribution in [1.29, 1.82) is 0 Å². The van der Waals surface area contributed by atoms with Crippen molar-refractivity contribution >= 4 is 23.3 Å². The summed E-state index contributed by atoms with van der Waals surface area (Å²) >= 11 is 5.80. The highest BCUT2D eigenvalue weighted by Crippen LogP contribution is 2.15. The SMILES string of the molecule is CC1COC(CO)CN1C(=O)CN(C)c1ccc(Cl)cn1. The Hall–Kier alpha value is -1.37. The Balaban J connectivity index is 1.97. The van der Waals surface area contributed by atoms with E-state index in [0.29, 0.717) is 24.0 Å². The van der Waals surface area contributed by atoms with Gasteiger partial charge in [-0.2, -0.15) is 0 Å². The lowest BCUT2D eigenvalue weighted by atomic mass is 10.2. The van der Waals surface area contributed by atoms with Gasteiger partial charge in [-0.25, -0.2) is 4.98 Å². The fourth-order valence-electron chi connectivity index (χ4n) is 2.24.